The van der Waals surface area contributed by atoms with Crippen molar-refractivity contribution in [3.8, 4) is 0 Å². The lowest BCUT2D eigenvalue weighted by atomic mass is 9.80. The Bertz CT molecular complexity index is 1140. The summed E-state index contributed by atoms with van der Waals surface area (Å²) in [6.45, 7) is 8.34. The zero-order valence-electron chi connectivity index (χ0n) is 20.5. The van der Waals surface area contributed by atoms with Gasteiger partial charge in [0.15, 0.2) is 0 Å². The molecule has 3 heterocycles. The SMILES string of the molecule is C/C=C\c1occ(C2CCC(N3CCN(c4ccc(F)c5cccnc45)CC3)CC2)c1CCC. The fourth-order valence-electron chi connectivity index (χ4n) is 6.02. The van der Waals surface area contributed by atoms with Crippen molar-refractivity contribution in [3.05, 3.63) is 65.5 Å². The summed E-state index contributed by atoms with van der Waals surface area (Å²) in [5.41, 5.74) is 4.71. The molecule has 1 aliphatic heterocycles. The molecular weight excluding hydrogens is 425 g/mol. The van der Waals surface area contributed by atoms with Gasteiger partial charge in [-0.1, -0.05) is 19.4 Å². The van der Waals surface area contributed by atoms with Gasteiger partial charge in [-0.3, -0.25) is 9.88 Å². The van der Waals surface area contributed by atoms with Crippen molar-refractivity contribution in [2.24, 2.45) is 0 Å². The lowest BCUT2D eigenvalue weighted by Crippen LogP contribution is -2.51. The van der Waals surface area contributed by atoms with E-state index in [-0.39, 0.29) is 5.82 Å². The van der Waals surface area contributed by atoms with E-state index in [4.69, 9.17) is 4.42 Å². The summed E-state index contributed by atoms with van der Waals surface area (Å²) in [7, 11) is 0. The molecule has 0 unspecified atom stereocenters. The van der Waals surface area contributed by atoms with E-state index < -0.39 is 0 Å². The number of allylic oxidation sites excluding steroid dienone is 1. The standard InChI is InChI=1S/C29H36FN3O/c1-3-6-23-25(20-34-28(23)7-4-2)21-9-11-22(12-10-21)32-16-18-33(19-17-32)27-14-13-26(30)24-8-5-15-31-29(24)27/h4-5,7-8,13-15,20-22H,3,6,9-12,16-19H2,1-2H3/b7-4-. The molecule has 0 radical (unpaired) electrons. The average molecular weight is 462 g/mol. The average Bonchev–Trinajstić information content (AvgIpc) is 3.27. The van der Waals surface area contributed by atoms with E-state index in [2.05, 4.69) is 40.8 Å². The van der Waals surface area contributed by atoms with E-state index in [1.807, 2.05) is 18.4 Å². The molecular formula is C29H36FN3O. The summed E-state index contributed by atoms with van der Waals surface area (Å²) in [4.78, 5) is 9.55. The predicted molar refractivity (Wildman–Crippen MR) is 138 cm³/mol. The first-order valence-corrected chi connectivity index (χ1v) is 12.9. The van der Waals surface area contributed by atoms with Crippen LogP contribution in [0.4, 0.5) is 10.1 Å². The van der Waals surface area contributed by atoms with Gasteiger partial charge in [-0.2, -0.15) is 0 Å². The maximum atomic E-state index is 14.2. The third-order valence-electron chi connectivity index (χ3n) is 7.78. The number of benzene rings is 1. The minimum absolute atomic E-state index is 0.195. The highest BCUT2D eigenvalue weighted by Crippen LogP contribution is 2.39. The Hall–Kier alpha value is -2.66. The van der Waals surface area contributed by atoms with Crippen molar-refractivity contribution in [2.45, 2.75) is 64.3 Å². The summed E-state index contributed by atoms with van der Waals surface area (Å²) < 4.78 is 20.2. The van der Waals surface area contributed by atoms with Crippen molar-refractivity contribution in [2.75, 3.05) is 31.1 Å². The Kier molecular flexibility index (Phi) is 7.00. The van der Waals surface area contributed by atoms with Crippen molar-refractivity contribution in [1.29, 1.82) is 0 Å². The van der Waals surface area contributed by atoms with Crippen LogP contribution in [0.25, 0.3) is 17.0 Å². The molecule has 0 atom stereocenters. The molecule has 2 aliphatic rings. The van der Waals surface area contributed by atoms with Gasteiger partial charge in [-0.25, -0.2) is 4.39 Å². The number of fused-ring (bicyclic) bond motifs is 1. The summed E-state index contributed by atoms with van der Waals surface area (Å²) >= 11 is 0. The van der Waals surface area contributed by atoms with Crippen LogP contribution in [0.3, 0.4) is 0 Å². The van der Waals surface area contributed by atoms with Crippen LogP contribution in [0.15, 0.2) is 47.2 Å². The number of rotatable bonds is 6. The summed E-state index contributed by atoms with van der Waals surface area (Å²) in [6, 6.07) is 7.77. The third-order valence-corrected chi connectivity index (χ3v) is 7.78. The van der Waals surface area contributed by atoms with E-state index in [0.29, 0.717) is 17.3 Å². The van der Waals surface area contributed by atoms with Crippen molar-refractivity contribution in [1.82, 2.24) is 9.88 Å². The Balaban J connectivity index is 1.20. The molecule has 1 saturated carbocycles. The predicted octanol–water partition coefficient (Wildman–Crippen LogP) is 6.80. The first-order chi connectivity index (χ1) is 16.7. The van der Waals surface area contributed by atoms with Crippen LogP contribution in [0.1, 0.15) is 68.8 Å². The van der Waals surface area contributed by atoms with Gasteiger partial charge in [0.25, 0.3) is 0 Å². The first kappa shape index (κ1) is 23.1. The van der Waals surface area contributed by atoms with E-state index in [1.54, 1.807) is 18.3 Å². The number of aromatic nitrogens is 1. The highest BCUT2D eigenvalue weighted by Gasteiger charge is 2.31. The van der Waals surface area contributed by atoms with Gasteiger partial charge in [0, 0.05) is 49.4 Å². The van der Waals surface area contributed by atoms with E-state index >= 15 is 0 Å². The number of anilines is 1. The van der Waals surface area contributed by atoms with Crippen LogP contribution in [0, 0.1) is 5.82 Å². The first-order valence-electron chi connectivity index (χ1n) is 12.9. The number of furan rings is 1. The van der Waals surface area contributed by atoms with Gasteiger partial charge in [0.2, 0.25) is 0 Å². The molecule has 4 nitrogen and oxygen atoms in total. The second kappa shape index (κ2) is 10.3. The van der Waals surface area contributed by atoms with Crippen LogP contribution in [0.5, 0.6) is 0 Å². The topological polar surface area (TPSA) is 32.5 Å². The molecule has 2 aromatic heterocycles. The molecule has 2 fully saturated rings. The molecule has 1 aromatic carbocycles. The molecule has 0 spiro atoms. The molecule has 34 heavy (non-hydrogen) atoms. The fraction of sp³-hybridized carbons (Fsp3) is 0.483. The van der Waals surface area contributed by atoms with Gasteiger partial charge < -0.3 is 9.32 Å². The quantitative estimate of drug-likeness (QED) is 0.404. The third kappa shape index (κ3) is 4.50. The van der Waals surface area contributed by atoms with Crippen molar-refractivity contribution < 1.29 is 8.81 Å². The molecule has 1 saturated heterocycles. The largest absolute Gasteiger partial charge is 0.464 e. The van der Waals surface area contributed by atoms with Gasteiger partial charge in [0.05, 0.1) is 17.5 Å². The highest BCUT2D eigenvalue weighted by atomic mass is 19.1. The number of piperazine rings is 1. The van der Waals surface area contributed by atoms with Gasteiger partial charge in [0.1, 0.15) is 11.6 Å². The maximum Gasteiger partial charge on any atom is 0.132 e. The van der Waals surface area contributed by atoms with Crippen LogP contribution in [-0.2, 0) is 6.42 Å². The number of hydrogen-bond acceptors (Lipinski definition) is 4. The van der Waals surface area contributed by atoms with Gasteiger partial charge >= 0.3 is 0 Å². The zero-order valence-corrected chi connectivity index (χ0v) is 20.5. The minimum atomic E-state index is -0.195. The maximum absolute atomic E-state index is 14.2. The monoisotopic (exact) mass is 461 g/mol. The highest BCUT2D eigenvalue weighted by molar-refractivity contribution is 5.91. The van der Waals surface area contributed by atoms with Crippen LogP contribution < -0.4 is 4.90 Å². The number of halogens is 1. The zero-order chi connectivity index (χ0) is 23.5. The van der Waals surface area contributed by atoms with E-state index in [9.17, 15) is 4.39 Å². The molecule has 0 N–H and O–H groups in total. The molecule has 5 heteroatoms. The summed E-state index contributed by atoms with van der Waals surface area (Å²) in [5, 5.41) is 0.611. The number of pyridine rings is 1. The Labute approximate surface area is 202 Å². The fourth-order valence-corrected chi connectivity index (χ4v) is 6.02. The summed E-state index contributed by atoms with van der Waals surface area (Å²) in [5.74, 6) is 1.48. The van der Waals surface area contributed by atoms with Gasteiger partial charge in [-0.05, 0) is 80.9 Å². The molecule has 180 valence electrons. The van der Waals surface area contributed by atoms with Gasteiger partial charge in [-0.15, -0.1) is 0 Å². The van der Waals surface area contributed by atoms with Crippen LogP contribution >= 0.6 is 0 Å². The molecule has 0 amide bonds. The normalized spacial score (nSPS) is 22.1. The minimum Gasteiger partial charge on any atom is -0.464 e. The Morgan fingerprint density at radius 1 is 1.09 bits per heavy atom. The second-order valence-electron chi connectivity index (χ2n) is 9.78. The Morgan fingerprint density at radius 2 is 1.88 bits per heavy atom. The van der Waals surface area contributed by atoms with Crippen LogP contribution in [-0.4, -0.2) is 42.1 Å². The second-order valence-corrected chi connectivity index (χ2v) is 9.78. The lowest BCUT2D eigenvalue weighted by molar-refractivity contribution is 0.141. The lowest BCUT2D eigenvalue weighted by Gasteiger charge is -2.42. The Morgan fingerprint density at radius 3 is 2.62 bits per heavy atom. The number of hydrogen-bond donors (Lipinski definition) is 0. The molecule has 5 rings (SSSR count). The molecule has 3 aromatic rings. The number of nitrogens with zero attached hydrogens (tertiary/aromatic N) is 3. The smallest absolute Gasteiger partial charge is 0.132 e. The molecule has 0 bridgehead atoms. The van der Waals surface area contributed by atoms with Crippen molar-refractivity contribution >= 4 is 22.7 Å². The van der Waals surface area contributed by atoms with E-state index in [1.165, 1.54) is 36.8 Å². The molecule has 1 aliphatic carbocycles. The van der Waals surface area contributed by atoms with E-state index in [0.717, 1.165) is 56.0 Å². The summed E-state index contributed by atoms with van der Waals surface area (Å²) in [6.07, 6.45) is 15.2. The van der Waals surface area contributed by atoms with Crippen molar-refractivity contribution in [3.63, 3.8) is 0 Å². The van der Waals surface area contributed by atoms with Crippen LogP contribution in [0.2, 0.25) is 0 Å².